The van der Waals surface area contributed by atoms with Gasteiger partial charge in [-0.05, 0) is 43.2 Å². The minimum Gasteiger partial charge on any atom is -0.345 e. The van der Waals surface area contributed by atoms with E-state index in [2.05, 4.69) is 47.1 Å². The summed E-state index contributed by atoms with van der Waals surface area (Å²) in [7, 11) is 0. The van der Waals surface area contributed by atoms with Crippen LogP contribution in [0.5, 0.6) is 0 Å². The van der Waals surface area contributed by atoms with Crippen molar-refractivity contribution in [1.82, 2.24) is 14.9 Å². The topological polar surface area (TPSA) is 46.9 Å². The molecule has 1 aromatic heterocycles. The second kappa shape index (κ2) is 8.78. The van der Waals surface area contributed by atoms with Crippen LogP contribution < -0.4 is 5.32 Å². The maximum Gasteiger partial charge on any atom is 0.244 e. The van der Waals surface area contributed by atoms with Crippen LogP contribution in [0, 0.1) is 13.8 Å². The highest BCUT2D eigenvalue weighted by Crippen LogP contribution is 2.18. The molecule has 4 heteroatoms. The van der Waals surface area contributed by atoms with Gasteiger partial charge in [0.25, 0.3) is 0 Å². The molecule has 30 heavy (non-hydrogen) atoms. The first kappa shape index (κ1) is 19.6. The molecule has 4 aromatic rings. The molecule has 0 fully saturated rings. The number of aryl methyl sites for hydroxylation is 2. The van der Waals surface area contributed by atoms with Crippen molar-refractivity contribution in [3.05, 3.63) is 107 Å². The Balaban J connectivity index is 1.51. The molecular formula is C26H25N3O. The molecule has 3 aromatic carbocycles. The number of amides is 1. The molecule has 0 atom stereocenters. The Morgan fingerprint density at radius 2 is 1.60 bits per heavy atom. The lowest BCUT2D eigenvalue weighted by Gasteiger charge is -2.10. The van der Waals surface area contributed by atoms with E-state index in [9.17, 15) is 4.79 Å². The van der Waals surface area contributed by atoms with Gasteiger partial charge in [-0.2, -0.15) is 0 Å². The van der Waals surface area contributed by atoms with Crippen LogP contribution in [0.1, 0.15) is 28.1 Å². The molecule has 4 nitrogen and oxygen atoms in total. The zero-order chi connectivity index (χ0) is 20.9. The molecule has 4 rings (SSSR count). The largest absolute Gasteiger partial charge is 0.345 e. The number of nitrogens with zero attached hydrogens (tertiary/aromatic N) is 2. The van der Waals surface area contributed by atoms with E-state index in [4.69, 9.17) is 4.98 Å². The number of carbonyl (C=O) groups excluding carboxylic acids is 1. The number of hydrogen-bond donors (Lipinski definition) is 1. The minimum atomic E-state index is -0.135. The molecule has 0 unspecified atom stereocenters. The number of nitrogens with one attached hydrogen (secondary N) is 1. The molecule has 0 aliphatic heterocycles. The summed E-state index contributed by atoms with van der Waals surface area (Å²) in [5, 5.41) is 2.97. The molecule has 0 aliphatic rings. The highest BCUT2D eigenvalue weighted by Gasteiger charge is 2.11. The van der Waals surface area contributed by atoms with Gasteiger partial charge in [-0.3, -0.25) is 4.79 Å². The van der Waals surface area contributed by atoms with Gasteiger partial charge >= 0.3 is 0 Å². The van der Waals surface area contributed by atoms with E-state index >= 15 is 0 Å². The number of carbonyl (C=O) groups is 1. The van der Waals surface area contributed by atoms with Crippen LogP contribution in [0.4, 0.5) is 0 Å². The summed E-state index contributed by atoms with van der Waals surface area (Å²) in [4.78, 5) is 17.1. The second-order valence-electron chi connectivity index (χ2n) is 7.55. The van der Waals surface area contributed by atoms with Crippen LogP contribution in [-0.4, -0.2) is 15.5 Å². The van der Waals surface area contributed by atoms with E-state index in [1.807, 2.05) is 55.5 Å². The summed E-state index contributed by atoms with van der Waals surface area (Å²) in [5.74, 6) is 0.707. The Labute approximate surface area is 176 Å². The van der Waals surface area contributed by atoms with E-state index in [0.29, 0.717) is 13.1 Å². The molecule has 1 N–H and O–H groups in total. The van der Waals surface area contributed by atoms with Gasteiger partial charge in [-0.25, -0.2) is 4.98 Å². The van der Waals surface area contributed by atoms with E-state index < -0.39 is 0 Å². The third-order valence-electron chi connectivity index (χ3n) is 5.12. The first-order valence-corrected chi connectivity index (χ1v) is 10.1. The van der Waals surface area contributed by atoms with Crippen LogP contribution in [-0.2, 0) is 17.9 Å². The van der Waals surface area contributed by atoms with Gasteiger partial charge in [0.05, 0.1) is 17.6 Å². The third kappa shape index (κ3) is 4.66. The lowest BCUT2D eigenvalue weighted by atomic mass is 10.1. The summed E-state index contributed by atoms with van der Waals surface area (Å²) in [6, 6.07) is 24.6. The van der Waals surface area contributed by atoms with E-state index in [1.54, 1.807) is 6.08 Å². The van der Waals surface area contributed by atoms with Crippen molar-refractivity contribution in [3.63, 3.8) is 0 Å². The van der Waals surface area contributed by atoms with Crippen molar-refractivity contribution in [3.8, 4) is 0 Å². The number of benzene rings is 3. The van der Waals surface area contributed by atoms with Gasteiger partial charge < -0.3 is 9.88 Å². The number of fused-ring (bicyclic) bond motifs is 1. The molecule has 0 saturated carbocycles. The molecule has 0 radical (unpaired) electrons. The first-order chi connectivity index (χ1) is 14.6. The Bertz CT molecular complexity index is 1190. The smallest absolute Gasteiger partial charge is 0.244 e. The van der Waals surface area contributed by atoms with Gasteiger partial charge in [0, 0.05) is 12.6 Å². The standard InChI is InChI=1S/C26H25N3O/c1-19-7-11-21(12-8-19)15-16-26(30)27-17-25-28-23-5-3-4-6-24(23)29(25)18-22-13-9-20(2)10-14-22/h3-16H,17-18H2,1-2H3,(H,27,30)/b16-15+. The fourth-order valence-corrected chi connectivity index (χ4v) is 3.39. The highest BCUT2D eigenvalue weighted by molar-refractivity contribution is 5.91. The van der Waals surface area contributed by atoms with Crippen LogP contribution in [0.15, 0.2) is 78.9 Å². The summed E-state index contributed by atoms with van der Waals surface area (Å²) in [6.07, 6.45) is 3.39. The zero-order valence-electron chi connectivity index (χ0n) is 17.3. The monoisotopic (exact) mass is 395 g/mol. The van der Waals surface area contributed by atoms with Crippen molar-refractivity contribution in [2.75, 3.05) is 0 Å². The summed E-state index contributed by atoms with van der Waals surface area (Å²) in [5.41, 5.74) is 6.64. The average molecular weight is 396 g/mol. The van der Waals surface area contributed by atoms with E-state index in [1.165, 1.54) is 16.7 Å². The Kier molecular flexibility index (Phi) is 5.75. The normalized spacial score (nSPS) is 11.3. The van der Waals surface area contributed by atoms with E-state index in [0.717, 1.165) is 22.4 Å². The number of para-hydroxylation sites is 2. The predicted molar refractivity (Wildman–Crippen MR) is 122 cm³/mol. The zero-order valence-corrected chi connectivity index (χ0v) is 17.3. The molecule has 1 amide bonds. The summed E-state index contributed by atoms with van der Waals surface area (Å²) in [6.45, 7) is 5.22. The van der Waals surface area contributed by atoms with Gasteiger partial charge in [0.2, 0.25) is 5.91 Å². The molecule has 0 aliphatic carbocycles. The average Bonchev–Trinajstić information content (AvgIpc) is 3.11. The summed E-state index contributed by atoms with van der Waals surface area (Å²) < 4.78 is 2.17. The predicted octanol–water partition coefficient (Wildman–Crippen LogP) is 5.03. The van der Waals surface area contributed by atoms with Crippen LogP contribution in [0.2, 0.25) is 0 Å². The maximum absolute atomic E-state index is 12.3. The number of aromatic nitrogens is 2. The van der Waals surface area contributed by atoms with E-state index in [-0.39, 0.29) is 5.91 Å². The second-order valence-corrected chi connectivity index (χ2v) is 7.55. The Morgan fingerprint density at radius 1 is 0.933 bits per heavy atom. The summed E-state index contributed by atoms with van der Waals surface area (Å²) >= 11 is 0. The fraction of sp³-hybridized carbons (Fsp3) is 0.154. The Hall–Kier alpha value is -3.66. The maximum atomic E-state index is 12.3. The molecule has 150 valence electrons. The number of imidazole rings is 1. The van der Waals surface area contributed by atoms with Crippen LogP contribution in [0.3, 0.4) is 0 Å². The van der Waals surface area contributed by atoms with Crippen molar-refractivity contribution in [1.29, 1.82) is 0 Å². The van der Waals surface area contributed by atoms with Crippen LogP contribution in [0.25, 0.3) is 17.1 Å². The number of rotatable bonds is 6. The molecule has 1 heterocycles. The van der Waals surface area contributed by atoms with Crippen molar-refractivity contribution < 1.29 is 4.79 Å². The SMILES string of the molecule is Cc1ccc(/C=C/C(=O)NCc2nc3ccccc3n2Cc2ccc(C)cc2)cc1. The fourth-order valence-electron chi connectivity index (χ4n) is 3.39. The lowest BCUT2D eigenvalue weighted by Crippen LogP contribution is -2.23. The highest BCUT2D eigenvalue weighted by atomic mass is 16.1. The molecule has 0 saturated heterocycles. The van der Waals surface area contributed by atoms with Gasteiger partial charge in [0.1, 0.15) is 5.82 Å². The number of hydrogen-bond acceptors (Lipinski definition) is 2. The van der Waals surface area contributed by atoms with Crippen molar-refractivity contribution in [2.45, 2.75) is 26.9 Å². The molecule has 0 bridgehead atoms. The lowest BCUT2D eigenvalue weighted by molar-refractivity contribution is -0.116. The first-order valence-electron chi connectivity index (χ1n) is 10.1. The molecular weight excluding hydrogens is 370 g/mol. The van der Waals surface area contributed by atoms with Gasteiger partial charge in [-0.15, -0.1) is 0 Å². The van der Waals surface area contributed by atoms with Crippen LogP contribution >= 0.6 is 0 Å². The minimum absolute atomic E-state index is 0.135. The quantitative estimate of drug-likeness (QED) is 0.466. The molecule has 0 spiro atoms. The Morgan fingerprint density at radius 3 is 2.33 bits per heavy atom. The van der Waals surface area contributed by atoms with Gasteiger partial charge in [-0.1, -0.05) is 71.8 Å². The van der Waals surface area contributed by atoms with Crippen molar-refractivity contribution in [2.24, 2.45) is 0 Å². The van der Waals surface area contributed by atoms with Crippen molar-refractivity contribution >= 4 is 23.0 Å². The third-order valence-corrected chi connectivity index (χ3v) is 5.12. The van der Waals surface area contributed by atoms with Gasteiger partial charge in [0.15, 0.2) is 0 Å².